The monoisotopic (exact) mass is 206 g/mol. The van der Waals surface area contributed by atoms with Gasteiger partial charge in [0, 0.05) is 5.69 Å². The first-order valence-electron chi connectivity index (χ1n) is 4.95. The van der Waals surface area contributed by atoms with E-state index in [1.165, 1.54) is 0 Å². The number of benzene rings is 1. The van der Waals surface area contributed by atoms with Crippen LogP contribution in [0.5, 0.6) is 0 Å². The van der Waals surface area contributed by atoms with Crippen molar-refractivity contribution in [3.05, 3.63) is 29.8 Å². The van der Waals surface area contributed by atoms with Crippen LogP contribution in [0.4, 0.5) is 5.69 Å². The fourth-order valence-corrected chi connectivity index (χ4v) is 1.47. The smallest absolute Gasteiger partial charge is 0.221 e. The average Bonchev–Trinajstić information content (AvgIpc) is 2.13. The first kappa shape index (κ1) is 9.98. The van der Waals surface area contributed by atoms with Crippen molar-refractivity contribution in [2.75, 3.05) is 18.5 Å². The normalized spacial score (nSPS) is 15.7. The molecule has 0 aromatic heterocycles. The van der Waals surface area contributed by atoms with Gasteiger partial charge in [-0.1, -0.05) is 12.1 Å². The zero-order chi connectivity index (χ0) is 10.7. The van der Waals surface area contributed by atoms with Crippen molar-refractivity contribution in [1.29, 1.82) is 0 Å². The molecule has 1 saturated heterocycles. The van der Waals surface area contributed by atoms with Gasteiger partial charge in [-0.05, 0) is 17.7 Å². The number of ether oxygens (including phenoxy) is 1. The lowest BCUT2D eigenvalue weighted by atomic mass is 10.1. The van der Waals surface area contributed by atoms with Crippen LogP contribution in [0.25, 0.3) is 0 Å². The van der Waals surface area contributed by atoms with E-state index in [-0.39, 0.29) is 5.91 Å². The maximum Gasteiger partial charge on any atom is 0.221 e. The first-order valence-corrected chi connectivity index (χ1v) is 4.95. The minimum atomic E-state index is -0.303. The highest BCUT2D eigenvalue weighted by atomic mass is 16.5. The quantitative estimate of drug-likeness (QED) is 0.755. The molecule has 4 heteroatoms. The van der Waals surface area contributed by atoms with Crippen LogP contribution in [-0.2, 0) is 16.0 Å². The summed E-state index contributed by atoms with van der Waals surface area (Å²) in [6, 6.07) is 8.15. The maximum atomic E-state index is 10.7. The van der Waals surface area contributed by atoms with Crippen molar-refractivity contribution in [2.24, 2.45) is 5.73 Å². The van der Waals surface area contributed by atoms with Gasteiger partial charge in [0.05, 0.1) is 25.7 Å². The minimum Gasteiger partial charge on any atom is -0.378 e. The summed E-state index contributed by atoms with van der Waals surface area (Å²) in [4.78, 5) is 10.7. The van der Waals surface area contributed by atoms with Gasteiger partial charge in [0.2, 0.25) is 5.91 Å². The molecule has 3 N–H and O–H groups in total. The highest BCUT2D eigenvalue weighted by Crippen LogP contribution is 2.14. The molecule has 15 heavy (non-hydrogen) atoms. The van der Waals surface area contributed by atoms with E-state index in [1.54, 1.807) is 0 Å². The Morgan fingerprint density at radius 2 is 2.07 bits per heavy atom. The molecule has 1 amide bonds. The van der Waals surface area contributed by atoms with E-state index in [9.17, 15) is 4.79 Å². The number of anilines is 1. The number of rotatable bonds is 4. The highest BCUT2D eigenvalue weighted by Gasteiger charge is 2.17. The maximum absolute atomic E-state index is 10.7. The second-order valence-corrected chi connectivity index (χ2v) is 3.72. The average molecular weight is 206 g/mol. The summed E-state index contributed by atoms with van der Waals surface area (Å²) in [5.41, 5.74) is 7.10. The van der Waals surface area contributed by atoms with Crippen molar-refractivity contribution >= 4 is 11.6 Å². The number of hydrogen-bond acceptors (Lipinski definition) is 3. The molecule has 0 atom stereocenters. The molecule has 1 aliphatic heterocycles. The van der Waals surface area contributed by atoms with Crippen LogP contribution in [-0.4, -0.2) is 25.2 Å². The van der Waals surface area contributed by atoms with Gasteiger partial charge >= 0.3 is 0 Å². The van der Waals surface area contributed by atoms with Crippen LogP contribution in [0.1, 0.15) is 5.56 Å². The molecule has 80 valence electrons. The van der Waals surface area contributed by atoms with E-state index in [2.05, 4.69) is 5.32 Å². The Labute approximate surface area is 88.4 Å². The van der Waals surface area contributed by atoms with E-state index in [0.717, 1.165) is 24.5 Å². The van der Waals surface area contributed by atoms with Crippen molar-refractivity contribution in [1.82, 2.24) is 0 Å². The second kappa shape index (κ2) is 4.31. The summed E-state index contributed by atoms with van der Waals surface area (Å²) in [7, 11) is 0. The molecule has 0 unspecified atom stereocenters. The molecule has 0 spiro atoms. The number of carbonyl (C=O) groups is 1. The summed E-state index contributed by atoms with van der Waals surface area (Å²) < 4.78 is 5.06. The van der Waals surface area contributed by atoms with E-state index in [0.29, 0.717) is 12.5 Å². The Bertz CT molecular complexity index is 344. The summed E-state index contributed by atoms with van der Waals surface area (Å²) in [5, 5.41) is 3.32. The van der Waals surface area contributed by atoms with E-state index in [4.69, 9.17) is 10.5 Å². The van der Waals surface area contributed by atoms with Crippen LogP contribution in [0.3, 0.4) is 0 Å². The fraction of sp³-hybridized carbons (Fsp3) is 0.364. The second-order valence-electron chi connectivity index (χ2n) is 3.72. The Balaban J connectivity index is 1.93. The van der Waals surface area contributed by atoms with Crippen LogP contribution >= 0.6 is 0 Å². The molecule has 1 aromatic carbocycles. The molecule has 0 radical (unpaired) electrons. The number of primary amides is 1. The molecular formula is C11H14N2O2. The van der Waals surface area contributed by atoms with E-state index < -0.39 is 0 Å². The van der Waals surface area contributed by atoms with Crippen molar-refractivity contribution < 1.29 is 9.53 Å². The largest absolute Gasteiger partial charge is 0.378 e. The third-order valence-electron chi connectivity index (χ3n) is 2.34. The van der Waals surface area contributed by atoms with Crippen LogP contribution in [0, 0.1) is 0 Å². The molecule has 1 fully saturated rings. The Morgan fingerprint density at radius 1 is 1.40 bits per heavy atom. The van der Waals surface area contributed by atoms with Crippen molar-refractivity contribution in [2.45, 2.75) is 12.5 Å². The van der Waals surface area contributed by atoms with Crippen LogP contribution < -0.4 is 11.1 Å². The van der Waals surface area contributed by atoms with Gasteiger partial charge in [0.25, 0.3) is 0 Å². The Morgan fingerprint density at radius 3 is 2.53 bits per heavy atom. The zero-order valence-corrected chi connectivity index (χ0v) is 8.40. The lowest BCUT2D eigenvalue weighted by Gasteiger charge is -2.27. The van der Waals surface area contributed by atoms with E-state index in [1.807, 2.05) is 24.3 Å². The topological polar surface area (TPSA) is 64.4 Å². The minimum absolute atomic E-state index is 0.298. The number of nitrogens with one attached hydrogen (secondary N) is 1. The standard InChI is InChI=1S/C11H14N2O2/c12-11(14)5-8-1-3-9(4-2-8)13-10-6-15-7-10/h1-4,10,13H,5-7H2,(H2,12,14). The molecule has 1 heterocycles. The summed E-state index contributed by atoms with van der Waals surface area (Å²) in [6.45, 7) is 1.53. The fourth-order valence-electron chi connectivity index (χ4n) is 1.47. The summed E-state index contributed by atoms with van der Waals surface area (Å²) >= 11 is 0. The zero-order valence-electron chi connectivity index (χ0n) is 8.40. The van der Waals surface area contributed by atoms with Gasteiger partial charge in [0.15, 0.2) is 0 Å². The number of nitrogens with two attached hydrogens (primary N) is 1. The summed E-state index contributed by atoms with van der Waals surface area (Å²) in [5.74, 6) is -0.303. The van der Waals surface area contributed by atoms with Crippen molar-refractivity contribution in [3.63, 3.8) is 0 Å². The van der Waals surface area contributed by atoms with Gasteiger partial charge in [-0.2, -0.15) is 0 Å². The van der Waals surface area contributed by atoms with Gasteiger partial charge in [-0.25, -0.2) is 0 Å². The lowest BCUT2D eigenvalue weighted by molar-refractivity contribution is -0.117. The van der Waals surface area contributed by atoms with Gasteiger partial charge in [-0.15, -0.1) is 0 Å². The molecule has 4 nitrogen and oxygen atoms in total. The number of amides is 1. The Kier molecular flexibility index (Phi) is 2.87. The predicted octanol–water partition coefficient (Wildman–Crippen LogP) is 0.525. The molecule has 2 rings (SSSR count). The predicted molar refractivity (Wildman–Crippen MR) is 57.6 cm³/mol. The molecular weight excluding hydrogens is 192 g/mol. The van der Waals surface area contributed by atoms with E-state index >= 15 is 0 Å². The highest BCUT2D eigenvalue weighted by molar-refractivity contribution is 5.76. The summed E-state index contributed by atoms with van der Waals surface area (Å²) in [6.07, 6.45) is 0.298. The molecule has 0 saturated carbocycles. The van der Waals surface area contributed by atoms with Gasteiger partial charge in [-0.3, -0.25) is 4.79 Å². The Hall–Kier alpha value is -1.55. The molecule has 1 aliphatic rings. The SMILES string of the molecule is NC(=O)Cc1ccc(NC2COC2)cc1. The van der Waals surface area contributed by atoms with Crippen LogP contribution in [0.15, 0.2) is 24.3 Å². The molecule has 1 aromatic rings. The number of carbonyl (C=O) groups excluding carboxylic acids is 1. The van der Waals surface area contributed by atoms with Gasteiger partial charge < -0.3 is 15.8 Å². The van der Waals surface area contributed by atoms with Gasteiger partial charge in [0.1, 0.15) is 0 Å². The number of hydrogen-bond donors (Lipinski definition) is 2. The molecule has 0 aliphatic carbocycles. The lowest BCUT2D eigenvalue weighted by Crippen LogP contribution is -2.40. The van der Waals surface area contributed by atoms with Crippen molar-refractivity contribution in [3.8, 4) is 0 Å². The first-order chi connectivity index (χ1) is 7.24. The van der Waals surface area contributed by atoms with Crippen LogP contribution in [0.2, 0.25) is 0 Å². The third kappa shape index (κ3) is 2.70. The third-order valence-corrected chi connectivity index (χ3v) is 2.34. The molecule has 0 bridgehead atoms.